The van der Waals surface area contributed by atoms with Crippen molar-refractivity contribution in [1.29, 1.82) is 0 Å². The molecule has 1 aliphatic heterocycles. The van der Waals surface area contributed by atoms with E-state index in [1.54, 1.807) is 0 Å². The summed E-state index contributed by atoms with van der Waals surface area (Å²) in [4.78, 5) is 50.7. The molecule has 0 aromatic heterocycles. The number of hydrogen-bond acceptors (Lipinski definition) is 4. The maximum absolute atomic E-state index is 12.6. The van der Waals surface area contributed by atoms with Gasteiger partial charge >= 0.3 is 0 Å². The molecule has 2 fully saturated rings. The molecular weight excluding hydrogens is 358 g/mol. The summed E-state index contributed by atoms with van der Waals surface area (Å²) in [6.07, 6.45) is 1.71. The van der Waals surface area contributed by atoms with Crippen LogP contribution in [-0.4, -0.2) is 46.5 Å². The van der Waals surface area contributed by atoms with Gasteiger partial charge in [-0.05, 0) is 38.7 Å². The molecule has 0 spiro atoms. The second-order valence-corrected chi connectivity index (χ2v) is 7.93. The number of carbonyl (C=O) groups is 4. The lowest BCUT2D eigenvalue weighted by Gasteiger charge is -2.35. The van der Waals surface area contributed by atoms with Gasteiger partial charge in [0, 0.05) is 31.0 Å². The summed E-state index contributed by atoms with van der Waals surface area (Å²) in [7, 11) is 0. The quantitative estimate of drug-likeness (QED) is 0.689. The third kappa shape index (κ3) is 4.58. The van der Waals surface area contributed by atoms with Crippen LogP contribution in [0.4, 0.5) is 0 Å². The Morgan fingerprint density at radius 1 is 1.14 bits per heavy atom. The van der Waals surface area contributed by atoms with Crippen molar-refractivity contribution in [2.24, 2.45) is 5.92 Å². The monoisotopic (exact) mass is 385 g/mol. The average molecular weight is 385 g/mol. The van der Waals surface area contributed by atoms with E-state index in [2.05, 4.69) is 10.6 Å². The minimum atomic E-state index is -0.715. The van der Waals surface area contributed by atoms with Crippen LogP contribution < -0.4 is 10.6 Å². The van der Waals surface area contributed by atoms with E-state index in [-0.39, 0.29) is 36.2 Å². The van der Waals surface area contributed by atoms with Gasteiger partial charge < -0.3 is 15.5 Å². The zero-order valence-electron chi connectivity index (χ0n) is 16.3. The summed E-state index contributed by atoms with van der Waals surface area (Å²) in [5, 5.41) is 5.58. The van der Waals surface area contributed by atoms with Crippen LogP contribution in [0, 0.1) is 5.92 Å². The van der Waals surface area contributed by atoms with E-state index in [1.165, 1.54) is 4.90 Å². The SMILES string of the molecule is CC(C)NC(=O)C1CC(NC(=O)C(=O)[C@H]2CCC(=O)N2Cc2ccccc2)C1. The van der Waals surface area contributed by atoms with Crippen LogP contribution in [0.2, 0.25) is 0 Å². The molecule has 1 atom stereocenters. The number of rotatable bonds is 7. The van der Waals surface area contributed by atoms with Crippen LogP contribution in [-0.2, 0) is 25.7 Å². The predicted octanol–water partition coefficient (Wildman–Crippen LogP) is 1.17. The van der Waals surface area contributed by atoms with Gasteiger partial charge in [0.1, 0.15) is 6.04 Å². The summed E-state index contributed by atoms with van der Waals surface area (Å²) in [5.41, 5.74) is 0.925. The summed E-state index contributed by atoms with van der Waals surface area (Å²) in [5.74, 6) is -1.47. The highest BCUT2D eigenvalue weighted by Crippen LogP contribution is 2.28. The molecule has 1 aromatic carbocycles. The van der Waals surface area contributed by atoms with Gasteiger partial charge in [-0.2, -0.15) is 0 Å². The maximum Gasteiger partial charge on any atom is 0.289 e. The van der Waals surface area contributed by atoms with Gasteiger partial charge in [0.2, 0.25) is 17.6 Å². The predicted molar refractivity (Wildman–Crippen MR) is 103 cm³/mol. The molecule has 7 heteroatoms. The fourth-order valence-electron chi connectivity index (χ4n) is 3.74. The topological polar surface area (TPSA) is 95.6 Å². The summed E-state index contributed by atoms with van der Waals surface area (Å²) >= 11 is 0. The smallest absolute Gasteiger partial charge is 0.289 e. The molecule has 1 aromatic rings. The van der Waals surface area contributed by atoms with Gasteiger partial charge in [-0.3, -0.25) is 19.2 Å². The number of carbonyl (C=O) groups excluding carboxylic acids is 4. The van der Waals surface area contributed by atoms with Crippen molar-refractivity contribution in [3.8, 4) is 0 Å². The molecule has 28 heavy (non-hydrogen) atoms. The summed E-state index contributed by atoms with van der Waals surface area (Å²) in [6, 6.07) is 8.63. The molecule has 1 aliphatic carbocycles. The van der Waals surface area contributed by atoms with E-state index in [4.69, 9.17) is 0 Å². The molecule has 1 saturated heterocycles. The van der Waals surface area contributed by atoms with Gasteiger partial charge in [0.15, 0.2) is 0 Å². The lowest BCUT2D eigenvalue weighted by Crippen LogP contribution is -2.53. The fourth-order valence-corrected chi connectivity index (χ4v) is 3.74. The van der Waals surface area contributed by atoms with Gasteiger partial charge in [-0.25, -0.2) is 0 Å². The highest BCUT2D eigenvalue weighted by Gasteiger charge is 2.41. The number of nitrogens with one attached hydrogen (secondary N) is 2. The van der Waals surface area contributed by atoms with Gasteiger partial charge in [-0.15, -0.1) is 0 Å². The second kappa shape index (κ2) is 8.54. The molecule has 150 valence electrons. The molecule has 0 radical (unpaired) electrons. The number of ketones is 1. The summed E-state index contributed by atoms with van der Waals surface area (Å²) in [6.45, 7) is 4.13. The Hall–Kier alpha value is -2.70. The third-order valence-electron chi connectivity index (χ3n) is 5.33. The molecule has 1 saturated carbocycles. The van der Waals surface area contributed by atoms with Gasteiger partial charge in [-0.1, -0.05) is 30.3 Å². The van der Waals surface area contributed by atoms with Crippen molar-refractivity contribution in [2.75, 3.05) is 0 Å². The van der Waals surface area contributed by atoms with Crippen molar-refractivity contribution in [3.63, 3.8) is 0 Å². The van der Waals surface area contributed by atoms with E-state index in [9.17, 15) is 19.2 Å². The summed E-state index contributed by atoms with van der Waals surface area (Å²) < 4.78 is 0. The number of Topliss-reactive ketones (excluding diaryl/α,β-unsaturated/α-hetero) is 1. The van der Waals surface area contributed by atoms with Crippen LogP contribution in [0.5, 0.6) is 0 Å². The zero-order chi connectivity index (χ0) is 20.3. The van der Waals surface area contributed by atoms with E-state index >= 15 is 0 Å². The van der Waals surface area contributed by atoms with Crippen LogP contribution in [0.15, 0.2) is 30.3 Å². The Kier molecular flexibility index (Phi) is 6.11. The van der Waals surface area contributed by atoms with Crippen molar-refractivity contribution < 1.29 is 19.2 Å². The number of benzene rings is 1. The lowest BCUT2D eigenvalue weighted by molar-refractivity contribution is -0.144. The number of nitrogens with zero attached hydrogens (tertiary/aromatic N) is 1. The highest BCUT2D eigenvalue weighted by atomic mass is 16.2. The first kappa shape index (κ1) is 20.0. The molecule has 3 rings (SSSR count). The zero-order valence-corrected chi connectivity index (χ0v) is 16.3. The molecule has 7 nitrogen and oxygen atoms in total. The van der Waals surface area contributed by atoms with Crippen LogP contribution >= 0.6 is 0 Å². The Morgan fingerprint density at radius 3 is 2.46 bits per heavy atom. The Balaban J connectivity index is 1.52. The second-order valence-electron chi connectivity index (χ2n) is 7.93. The first-order chi connectivity index (χ1) is 13.3. The fraction of sp³-hybridized carbons (Fsp3) is 0.524. The van der Waals surface area contributed by atoms with Crippen molar-refractivity contribution in [2.45, 2.75) is 64.2 Å². The standard InChI is InChI=1S/C21H27N3O4/c1-13(2)22-20(27)15-10-16(11-15)23-21(28)19(26)17-8-9-18(25)24(17)12-14-6-4-3-5-7-14/h3-7,13,15-17H,8-12H2,1-2H3,(H,22,27)(H,23,28)/t15?,16?,17-/m1/s1. The number of amides is 3. The van der Waals surface area contributed by atoms with E-state index in [0.717, 1.165) is 5.56 Å². The molecule has 2 aliphatic rings. The lowest BCUT2D eigenvalue weighted by atomic mass is 9.79. The minimum absolute atomic E-state index is 0.0118. The van der Waals surface area contributed by atoms with E-state index in [0.29, 0.717) is 25.8 Å². The van der Waals surface area contributed by atoms with Crippen LogP contribution in [0.3, 0.4) is 0 Å². The van der Waals surface area contributed by atoms with Crippen molar-refractivity contribution in [3.05, 3.63) is 35.9 Å². The van der Waals surface area contributed by atoms with Gasteiger partial charge in [0.25, 0.3) is 5.91 Å². The van der Waals surface area contributed by atoms with Crippen molar-refractivity contribution in [1.82, 2.24) is 15.5 Å². The largest absolute Gasteiger partial charge is 0.354 e. The number of hydrogen-bond donors (Lipinski definition) is 2. The third-order valence-corrected chi connectivity index (χ3v) is 5.33. The van der Waals surface area contributed by atoms with Crippen LogP contribution in [0.25, 0.3) is 0 Å². The van der Waals surface area contributed by atoms with E-state index < -0.39 is 17.7 Å². The Morgan fingerprint density at radius 2 is 1.82 bits per heavy atom. The number of likely N-dealkylation sites (tertiary alicyclic amines) is 1. The normalized spacial score (nSPS) is 24.0. The maximum atomic E-state index is 12.6. The first-order valence-electron chi connectivity index (χ1n) is 9.83. The molecule has 3 amide bonds. The molecule has 1 heterocycles. The first-order valence-corrected chi connectivity index (χ1v) is 9.83. The highest BCUT2D eigenvalue weighted by molar-refractivity contribution is 6.38. The Labute approximate surface area is 164 Å². The molecule has 0 bridgehead atoms. The molecule has 0 unspecified atom stereocenters. The minimum Gasteiger partial charge on any atom is -0.354 e. The van der Waals surface area contributed by atoms with Crippen molar-refractivity contribution >= 4 is 23.5 Å². The molecular formula is C21H27N3O4. The average Bonchev–Trinajstić information content (AvgIpc) is 2.97. The van der Waals surface area contributed by atoms with E-state index in [1.807, 2.05) is 44.2 Å². The Bertz CT molecular complexity index is 756. The van der Waals surface area contributed by atoms with Crippen LogP contribution in [0.1, 0.15) is 45.1 Å². The molecule has 2 N–H and O–H groups in total. The van der Waals surface area contributed by atoms with Gasteiger partial charge in [0.05, 0.1) is 0 Å².